The first-order valence-corrected chi connectivity index (χ1v) is 11.2. The van der Waals surface area contributed by atoms with E-state index in [1.807, 2.05) is 6.07 Å². The summed E-state index contributed by atoms with van der Waals surface area (Å²) in [5.41, 5.74) is -0.376. The summed E-state index contributed by atoms with van der Waals surface area (Å²) in [6, 6.07) is 3.68. The van der Waals surface area contributed by atoms with Gasteiger partial charge >= 0.3 is 6.09 Å². The molecule has 1 saturated heterocycles. The quantitative estimate of drug-likeness (QED) is 0.687. The maximum atomic E-state index is 12.5. The van der Waals surface area contributed by atoms with E-state index in [0.29, 0.717) is 23.9 Å². The summed E-state index contributed by atoms with van der Waals surface area (Å²) in [7, 11) is 3.25. The Kier molecular flexibility index (Phi) is 6.31. The number of hydrogen-bond donors (Lipinski definition) is 1. The Morgan fingerprint density at radius 3 is 2.76 bits per heavy atom. The number of carbonyl (C=O) groups excluding carboxylic acids is 2. The summed E-state index contributed by atoms with van der Waals surface area (Å²) in [4.78, 5) is 31.0. The van der Waals surface area contributed by atoms with Crippen molar-refractivity contribution in [1.29, 1.82) is 0 Å². The third-order valence-corrected chi connectivity index (χ3v) is 7.59. The number of carbonyl (C=O) groups is 2. The van der Waals surface area contributed by atoms with Crippen LogP contribution in [0.25, 0.3) is 0 Å². The zero-order valence-corrected chi connectivity index (χ0v) is 19.4. The molecule has 3 rings (SSSR count). The lowest BCUT2D eigenvalue weighted by Crippen LogP contribution is -2.42. The van der Waals surface area contributed by atoms with Crippen molar-refractivity contribution in [2.75, 3.05) is 22.5 Å². The molecular weight excluding hydrogens is 406 g/mol. The van der Waals surface area contributed by atoms with E-state index in [1.54, 1.807) is 6.07 Å². The Bertz CT molecular complexity index is 800. The van der Waals surface area contributed by atoms with E-state index in [2.05, 4.69) is 55.4 Å². The van der Waals surface area contributed by atoms with Crippen molar-refractivity contribution in [2.45, 2.75) is 64.1 Å². The molecule has 29 heavy (non-hydrogen) atoms. The molecule has 3 radical (unpaired) electrons. The number of aromatic nitrogens is 1. The van der Waals surface area contributed by atoms with Crippen LogP contribution in [0.2, 0.25) is 0 Å². The molecule has 0 spiro atoms. The fourth-order valence-corrected chi connectivity index (χ4v) is 4.50. The molecule has 2 aliphatic heterocycles. The van der Waals surface area contributed by atoms with Crippen LogP contribution in [0.3, 0.4) is 0 Å². The van der Waals surface area contributed by atoms with Gasteiger partial charge in [-0.25, -0.2) is 9.78 Å². The van der Waals surface area contributed by atoms with Crippen LogP contribution < -0.4 is 10.2 Å². The molecule has 3 atom stereocenters. The summed E-state index contributed by atoms with van der Waals surface area (Å²) >= 11 is 1.44. The zero-order chi connectivity index (χ0) is 21.4. The molecule has 3 heterocycles. The van der Waals surface area contributed by atoms with Crippen LogP contribution in [0.5, 0.6) is 0 Å². The van der Waals surface area contributed by atoms with Crippen LogP contribution >= 0.6 is 11.8 Å². The van der Waals surface area contributed by atoms with Gasteiger partial charge in [0.2, 0.25) is 16.4 Å². The molecule has 7 nitrogen and oxygen atoms in total. The van der Waals surface area contributed by atoms with Crippen LogP contribution in [-0.2, 0) is 14.0 Å². The Morgan fingerprint density at radius 1 is 1.38 bits per heavy atom. The van der Waals surface area contributed by atoms with Crippen LogP contribution in [0, 0.1) is 11.3 Å². The summed E-state index contributed by atoms with van der Waals surface area (Å²) in [5.74, 6) is 1.46. The summed E-state index contributed by atoms with van der Waals surface area (Å²) < 4.78 is 11.3. The van der Waals surface area contributed by atoms with Gasteiger partial charge in [0.25, 0.3) is 0 Å². The van der Waals surface area contributed by atoms with Gasteiger partial charge in [0.1, 0.15) is 17.7 Å². The first-order valence-electron chi connectivity index (χ1n) is 9.80. The van der Waals surface area contributed by atoms with Gasteiger partial charge in [-0.05, 0) is 43.2 Å². The number of amides is 2. The molecule has 1 fully saturated rings. The smallest absolute Gasteiger partial charge is 0.415 e. The Morgan fingerprint density at radius 2 is 2.10 bits per heavy atom. The summed E-state index contributed by atoms with van der Waals surface area (Å²) in [5, 5.41) is 2.76. The summed E-state index contributed by atoms with van der Waals surface area (Å²) in [6.45, 7) is 11.1. The van der Waals surface area contributed by atoms with E-state index in [9.17, 15) is 9.59 Å². The van der Waals surface area contributed by atoms with Gasteiger partial charge in [0, 0.05) is 0 Å². The molecule has 0 bridgehead atoms. The molecule has 157 valence electrons. The first-order chi connectivity index (χ1) is 13.5. The van der Waals surface area contributed by atoms with Crippen molar-refractivity contribution >= 4 is 45.9 Å². The molecule has 0 aliphatic carbocycles. The lowest BCUT2D eigenvalue weighted by Gasteiger charge is -2.42. The predicted molar refractivity (Wildman–Crippen MR) is 114 cm³/mol. The highest BCUT2D eigenvalue weighted by atomic mass is 32.2. The van der Waals surface area contributed by atoms with Crippen LogP contribution in [0.15, 0.2) is 17.0 Å². The second-order valence-corrected chi connectivity index (χ2v) is 10.2. The molecular formula is C20H28N3O4SSi. The van der Waals surface area contributed by atoms with Gasteiger partial charge in [-0.15, -0.1) is 11.8 Å². The van der Waals surface area contributed by atoms with Crippen molar-refractivity contribution in [3.05, 3.63) is 12.1 Å². The van der Waals surface area contributed by atoms with E-state index in [0.717, 1.165) is 17.7 Å². The second-order valence-electron chi connectivity index (χ2n) is 8.98. The number of nitrogens with one attached hydrogen (secondary N) is 1. The van der Waals surface area contributed by atoms with Gasteiger partial charge in [0.05, 0.1) is 22.8 Å². The Hall–Kier alpha value is -1.58. The monoisotopic (exact) mass is 434 g/mol. The minimum Gasteiger partial charge on any atom is -0.444 e. The van der Waals surface area contributed by atoms with Crippen molar-refractivity contribution in [1.82, 2.24) is 4.98 Å². The molecule has 9 heteroatoms. The minimum absolute atomic E-state index is 0.0393. The first kappa shape index (κ1) is 22.1. The number of hydrogen-bond acceptors (Lipinski definition) is 6. The van der Waals surface area contributed by atoms with Crippen molar-refractivity contribution in [3.63, 3.8) is 0 Å². The highest BCUT2D eigenvalue weighted by Crippen LogP contribution is 2.39. The highest BCUT2D eigenvalue weighted by molar-refractivity contribution is 8.00. The number of cyclic esters (lactones) is 1. The average Bonchev–Trinajstić information content (AvgIpc) is 3.06. The number of anilines is 2. The van der Waals surface area contributed by atoms with Gasteiger partial charge in [-0.3, -0.25) is 9.69 Å². The minimum atomic E-state index is -0.404. The topological polar surface area (TPSA) is 80.8 Å². The second kappa shape index (κ2) is 8.27. The third kappa shape index (κ3) is 4.62. The Balaban J connectivity index is 1.66. The van der Waals surface area contributed by atoms with Crippen LogP contribution in [0.4, 0.5) is 16.4 Å². The molecule has 2 unspecified atom stereocenters. The molecule has 2 amide bonds. The molecule has 2 aliphatic rings. The van der Waals surface area contributed by atoms with Crippen molar-refractivity contribution in [2.24, 2.45) is 11.3 Å². The van der Waals surface area contributed by atoms with Gasteiger partial charge < -0.3 is 14.5 Å². The molecule has 1 aromatic heterocycles. The number of fused-ring (bicyclic) bond motifs is 1. The number of nitrogens with zero attached hydrogens (tertiary/aromatic N) is 2. The van der Waals surface area contributed by atoms with E-state index in [-0.39, 0.29) is 28.9 Å². The van der Waals surface area contributed by atoms with E-state index < -0.39 is 6.09 Å². The van der Waals surface area contributed by atoms with E-state index in [4.69, 9.17) is 9.16 Å². The van der Waals surface area contributed by atoms with Gasteiger partial charge in [-0.2, -0.15) is 0 Å². The fraction of sp³-hybridized carbons (Fsp3) is 0.650. The molecule has 0 saturated carbocycles. The number of rotatable bonds is 6. The predicted octanol–water partition coefficient (Wildman–Crippen LogP) is 3.77. The van der Waals surface area contributed by atoms with Crippen LogP contribution in [0.1, 0.15) is 47.5 Å². The highest BCUT2D eigenvalue weighted by Gasteiger charge is 2.40. The molecule has 0 aromatic carbocycles. The van der Waals surface area contributed by atoms with Crippen molar-refractivity contribution in [3.8, 4) is 0 Å². The van der Waals surface area contributed by atoms with Crippen LogP contribution in [-0.4, -0.2) is 51.5 Å². The van der Waals surface area contributed by atoms with Gasteiger partial charge in [0.15, 0.2) is 0 Å². The lowest BCUT2D eigenvalue weighted by atomic mass is 9.74. The number of thioether (sulfide) groups is 1. The lowest BCUT2D eigenvalue weighted by molar-refractivity contribution is -0.113. The fourth-order valence-electron chi connectivity index (χ4n) is 3.34. The third-order valence-electron chi connectivity index (χ3n) is 6.09. The maximum Gasteiger partial charge on any atom is 0.415 e. The van der Waals surface area contributed by atoms with Crippen molar-refractivity contribution < 1.29 is 18.8 Å². The largest absolute Gasteiger partial charge is 0.444 e. The SMILES string of the molecule is CC(CCC(C)(O[Si])C(C)(C)C)[C@@H]1CN(c2ccc3c(n2)NC(=O)CS3)C(=O)O1. The summed E-state index contributed by atoms with van der Waals surface area (Å²) in [6.07, 6.45) is 1.06. The standard InChI is InChI=1S/C20H28N3O4SSi/c1-12(8-9-20(5,27-29)19(2,3)4)13-10-23(18(25)26-13)15-7-6-14-17(21-15)22-16(24)11-28-14/h6-7,12-13H,8-11H2,1-5H3,(H,21,22,24)/t12?,13-,20?/m0/s1. The van der Waals surface area contributed by atoms with Gasteiger partial charge in [-0.1, -0.05) is 27.7 Å². The normalized spacial score (nSPS) is 22.6. The molecule has 1 N–H and O–H groups in total. The average molecular weight is 435 g/mol. The number of ether oxygens (including phenoxy) is 1. The van der Waals surface area contributed by atoms with E-state index in [1.165, 1.54) is 16.7 Å². The maximum absolute atomic E-state index is 12.5. The molecule has 1 aromatic rings. The van der Waals surface area contributed by atoms with E-state index >= 15 is 0 Å². The Labute approximate surface area is 179 Å². The zero-order valence-electron chi connectivity index (χ0n) is 17.6. The number of pyridine rings is 1.